The van der Waals surface area contributed by atoms with Crippen LogP contribution in [-0.4, -0.2) is 24.0 Å². The van der Waals surface area contributed by atoms with Crippen molar-refractivity contribution in [3.05, 3.63) is 36.0 Å². The van der Waals surface area contributed by atoms with Gasteiger partial charge in [0.05, 0.1) is 16.9 Å². The smallest absolute Gasteiger partial charge is 0.405 e. The minimum atomic E-state index is -0.333. The van der Waals surface area contributed by atoms with Crippen LogP contribution < -0.4 is 11.2 Å². The Morgan fingerprint density at radius 1 is 1.21 bits per heavy atom. The number of allylic oxidation sites excluding steroid dienone is 1. The minimum absolute atomic E-state index is 0.327. The highest BCUT2D eigenvalue weighted by Crippen LogP contribution is 2.37. The quantitative estimate of drug-likeness (QED) is 0.682. The molecule has 0 spiro atoms. The van der Waals surface area contributed by atoms with E-state index < -0.39 is 0 Å². The van der Waals surface area contributed by atoms with Crippen LogP contribution in [0.5, 0.6) is 0 Å². The molecule has 1 saturated heterocycles. The Labute approximate surface area is 145 Å². The van der Waals surface area contributed by atoms with Gasteiger partial charge in [0.25, 0.3) is 0 Å². The third kappa shape index (κ3) is 3.28. The van der Waals surface area contributed by atoms with Gasteiger partial charge in [-0.2, -0.15) is 0 Å². The van der Waals surface area contributed by atoms with Gasteiger partial charge in [-0.15, -0.1) is 0 Å². The average Bonchev–Trinajstić information content (AvgIpc) is 3.27. The van der Waals surface area contributed by atoms with E-state index in [1.807, 2.05) is 12.1 Å². The van der Waals surface area contributed by atoms with Crippen molar-refractivity contribution in [1.82, 2.24) is 0 Å². The lowest BCUT2D eigenvalue weighted by Crippen LogP contribution is -2.41. The van der Waals surface area contributed by atoms with Crippen LogP contribution in [0.3, 0.4) is 0 Å². The van der Waals surface area contributed by atoms with Crippen molar-refractivity contribution in [3.63, 3.8) is 0 Å². The van der Waals surface area contributed by atoms with Crippen molar-refractivity contribution in [2.45, 2.75) is 58.7 Å². The summed E-state index contributed by atoms with van der Waals surface area (Å²) in [6, 6.07) is 6.18. The molecule has 0 radical (unpaired) electrons. The summed E-state index contributed by atoms with van der Waals surface area (Å²) >= 11 is 0. The Hall–Kier alpha value is -1.59. The van der Waals surface area contributed by atoms with Crippen LogP contribution in [0.2, 0.25) is 0 Å². The molecular weight excluding hydrogens is 299 g/mol. The van der Waals surface area contributed by atoms with Gasteiger partial charge in [0.15, 0.2) is 0 Å². The van der Waals surface area contributed by atoms with E-state index in [9.17, 15) is 0 Å². The van der Waals surface area contributed by atoms with E-state index in [2.05, 4.69) is 46.8 Å². The number of nitrogens with two attached hydrogens (primary N) is 1. The molecule has 2 aliphatic rings. The molecule has 0 amide bonds. The topological polar surface area (TPSA) is 56.8 Å². The predicted octanol–water partition coefficient (Wildman–Crippen LogP) is 3.25. The molecule has 1 aromatic carbocycles. The molecule has 0 bridgehead atoms. The molecule has 1 heterocycles. The molecular formula is C19H27BN2O2. The van der Waals surface area contributed by atoms with Crippen LogP contribution in [0.1, 0.15) is 46.1 Å². The molecule has 1 aliphatic heterocycles. The maximum absolute atomic E-state index is 6.15. The summed E-state index contributed by atoms with van der Waals surface area (Å²) < 4.78 is 12.3. The number of hydrogen-bond donors (Lipinski definition) is 1. The van der Waals surface area contributed by atoms with E-state index >= 15 is 0 Å². The first kappa shape index (κ1) is 17.2. The maximum atomic E-state index is 6.15. The number of benzene rings is 1. The Balaban J connectivity index is 1.85. The van der Waals surface area contributed by atoms with E-state index in [-0.39, 0.29) is 18.3 Å². The molecule has 3 rings (SSSR count). The van der Waals surface area contributed by atoms with Crippen molar-refractivity contribution in [2.75, 3.05) is 0 Å². The molecule has 5 heteroatoms. The van der Waals surface area contributed by atoms with Gasteiger partial charge >= 0.3 is 7.12 Å². The summed E-state index contributed by atoms with van der Waals surface area (Å²) in [5, 5.41) is 0. The van der Waals surface area contributed by atoms with Crippen LogP contribution in [0, 0.1) is 12.8 Å². The lowest BCUT2D eigenvalue weighted by molar-refractivity contribution is 0.00578. The zero-order valence-corrected chi connectivity index (χ0v) is 15.3. The summed E-state index contributed by atoms with van der Waals surface area (Å²) in [5.41, 5.74) is 9.10. The summed E-state index contributed by atoms with van der Waals surface area (Å²) in [6.45, 7) is 10.4. The normalized spacial score (nSPS) is 23.2. The van der Waals surface area contributed by atoms with Gasteiger partial charge in [-0.05, 0) is 82.9 Å². The molecule has 2 fully saturated rings. The average molecular weight is 326 g/mol. The van der Waals surface area contributed by atoms with Gasteiger partial charge < -0.3 is 15.0 Å². The van der Waals surface area contributed by atoms with Gasteiger partial charge in [0, 0.05) is 11.6 Å². The first-order valence-corrected chi connectivity index (χ1v) is 8.66. The lowest BCUT2D eigenvalue weighted by Gasteiger charge is -2.32. The number of aliphatic imine (C=N–C) groups is 1. The van der Waals surface area contributed by atoms with E-state index in [4.69, 9.17) is 20.0 Å². The monoisotopic (exact) mass is 326 g/mol. The lowest BCUT2D eigenvalue weighted by atomic mass is 9.76. The number of rotatable bonds is 4. The predicted molar refractivity (Wildman–Crippen MR) is 100 cm³/mol. The van der Waals surface area contributed by atoms with E-state index in [1.165, 1.54) is 12.8 Å². The van der Waals surface area contributed by atoms with Crippen LogP contribution >= 0.6 is 0 Å². The molecule has 2 N–H and O–H groups in total. The van der Waals surface area contributed by atoms with Gasteiger partial charge in [-0.25, -0.2) is 0 Å². The second kappa shape index (κ2) is 6.05. The van der Waals surface area contributed by atoms with Crippen molar-refractivity contribution < 1.29 is 9.31 Å². The largest absolute Gasteiger partial charge is 0.495 e. The van der Waals surface area contributed by atoms with Crippen LogP contribution in [0.25, 0.3) is 0 Å². The van der Waals surface area contributed by atoms with E-state index in [1.54, 1.807) is 6.20 Å². The minimum Gasteiger partial charge on any atom is -0.405 e. The molecule has 24 heavy (non-hydrogen) atoms. The fraction of sp³-hybridized carbons (Fsp3) is 0.526. The highest BCUT2D eigenvalue weighted by atomic mass is 16.7. The highest BCUT2D eigenvalue weighted by molar-refractivity contribution is 6.62. The summed E-state index contributed by atoms with van der Waals surface area (Å²) in [4.78, 5) is 4.76. The zero-order valence-electron chi connectivity index (χ0n) is 15.3. The second-order valence-corrected chi connectivity index (χ2v) is 7.80. The molecule has 1 aromatic rings. The van der Waals surface area contributed by atoms with Gasteiger partial charge in [0.1, 0.15) is 0 Å². The summed E-state index contributed by atoms with van der Waals surface area (Å²) in [7, 11) is -0.333. The third-order valence-corrected chi connectivity index (χ3v) is 5.28. The van der Waals surface area contributed by atoms with Gasteiger partial charge in [-0.3, -0.25) is 4.99 Å². The highest BCUT2D eigenvalue weighted by Gasteiger charge is 2.52. The molecule has 0 atom stereocenters. The summed E-state index contributed by atoms with van der Waals surface area (Å²) in [5.74, 6) is 0.563. The van der Waals surface area contributed by atoms with Crippen molar-refractivity contribution in [3.8, 4) is 0 Å². The van der Waals surface area contributed by atoms with Crippen molar-refractivity contribution in [1.29, 1.82) is 0 Å². The Bertz CT molecular complexity index is 675. The van der Waals surface area contributed by atoms with Crippen LogP contribution in [0.15, 0.2) is 35.5 Å². The number of hydrogen-bond acceptors (Lipinski definition) is 4. The van der Waals surface area contributed by atoms with Gasteiger partial charge in [-0.1, -0.05) is 6.07 Å². The van der Waals surface area contributed by atoms with Crippen LogP contribution in [-0.2, 0) is 9.31 Å². The second-order valence-electron chi connectivity index (χ2n) is 7.80. The molecule has 0 aromatic heterocycles. The Morgan fingerprint density at radius 3 is 2.33 bits per heavy atom. The van der Waals surface area contributed by atoms with Gasteiger partial charge in [0.2, 0.25) is 0 Å². The summed E-state index contributed by atoms with van der Waals surface area (Å²) in [6.07, 6.45) is 5.89. The van der Waals surface area contributed by atoms with Crippen molar-refractivity contribution in [2.24, 2.45) is 16.6 Å². The Kier molecular flexibility index (Phi) is 4.35. The molecule has 1 saturated carbocycles. The molecule has 1 aliphatic carbocycles. The Morgan fingerprint density at radius 2 is 1.83 bits per heavy atom. The zero-order chi connectivity index (χ0) is 17.5. The van der Waals surface area contributed by atoms with E-state index in [0.717, 1.165) is 22.4 Å². The fourth-order valence-corrected chi connectivity index (χ4v) is 2.86. The fourth-order valence-electron chi connectivity index (χ4n) is 2.86. The molecule has 0 unspecified atom stereocenters. The maximum Gasteiger partial charge on any atom is 0.495 e. The van der Waals surface area contributed by atoms with Crippen molar-refractivity contribution >= 4 is 24.0 Å². The van der Waals surface area contributed by atoms with Crippen LogP contribution in [0.4, 0.5) is 5.69 Å². The first-order chi connectivity index (χ1) is 11.2. The first-order valence-electron chi connectivity index (χ1n) is 8.66. The third-order valence-electron chi connectivity index (χ3n) is 5.28. The molecule has 4 nitrogen and oxygen atoms in total. The molecule has 128 valence electrons. The van der Waals surface area contributed by atoms with E-state index in [0.29, 0.717) is 5.92 Å². The number of aryl methyl sites for hydroxylation is 1. The SMILES string of the molecule is Cc1cc(N=C(C=CN)C2CC2)ccc1B1OC(C)(C)C(C)(C)O1. The number of nitrogens with zero attached hydrogens (tertiary/aromatic N) is 1. The standard InChI is InChI=1S/C19H27BN2O2/c1-13-12-15(22-17(10-11-21)14-6-7-14)8-9-16(13)20-23-18(2,3)19(4,5)24-20/h8-12,14H,6-7,21H2,1-5H3.